The summed E-state index contributed by atoms with van der Waals surface area (Å²) in [6.45, 7) is 6.62. The zero-order chi connectivity index (χ0) is 15.5. The van der Waals surface area contributed by atoms with E-state index in [9.17, 15) is 0 Å². The van der Waals surface area contributed by atoms with E-state index >= 15 is 0 Å². The van der Waals surface area contributed by atoms with Crippen molar-refractivity contribution in [2.75, 3.05) is 0 Å². The summed E-state index contributed by atoms with van der Waals surface area (Å²) >= 11 is 1.90. The molecule has 1 aliphatic rings. The van der Waals surface area contributed by atoms with Crippen molar-refractivity contribution in [2.45, 2.75) is 68.6 Å². The topological polar surface area (TPSA) is 0 Å². The van der Waals surface area contributed by atoms with E-state index < -0.39 is 0 Å². The van der Waals surface area contributed by atoms with Crippen LogP contribution < -0.4 is 0 Å². The monoisotopic (exact) mass is 310 g/mol. The predicted molar refractivity (Wildman–Crippen MR) is 97.0 cm³/mol. The highest BCUT2D eigenvalue weighted by Crippen LogP contribution is 2.36. The molecule has 0 unspecified atom stereocenters. The van der Waals surface area contributed by atoms with Gasteiger partial charge in [0.1, 0.15) is 0 Å². The summed E-state index contributed by atoms with van der Waals surface area (Å²) in [4.78, 5) is 2.77. The van der Waals surface area contributed by atoms with Gasteiger partial charge in [0.2, 0.25) is 0 Å². The van der Waals surface area contributed by atoms with Crippen molar-refractivity contribution in [3.63, 3.8) is 0 Å². The first-order valence-corrected chi connectivity index (χ1v) is 9.31. The largest absolute Gasteiger partial charge is 0.0895 e. The van der Waals surface area contributed by atoms with Crippen molar-refractivity contribution >= 4 is 11.8 Å². The molecule has 0 spiro atoms. The smallest absolute Gasteiger partial charge is 0.0181 e. The van der Waals surface area contributed by atoms with Gasteiger partial charge in [-0.25, -0.2) is 0 Å². The van der Waals surface area contributed by atoms with E-state index in [0.29, 0.717) is 0 Å². The van der Waals surface area contributed by atoms with Crippen LogP contribution in [0.2, 0.25) is 0 Å². The molecule has 0 heterocycles. The lowest BCUT2D eigenvalue weighted by molar-refractivity contribution is 0.443. The number of rotatable bonds is 3. The predicted octanol–water partition coefficient (Wildman–Crippen LogP) is 6.81. The van der Waals surface area contributed by atoms with Gasteiger partial charge in [0.05, 0.1) is 0 Å². The Balaban J connectivity index is 1.76. The van der Waals surface area contributed by atoms with Crippen LogP contribution in [0.15, 0.2) is 46.2 Å². The summed E-state index contributed by atoms with van der Waals surface area (Å²) in [7, 11) is 0. The van der Waals surface area contributed by atoms with Crippen molar-refractivity contribution in [1.82, 2.24) is 0 Å². The van der Waals surface area contributed by atoms with E-state index in [-0.39, 0.29) is 0 Å². The fourth-order valence-electron chi connectivity index (χ4n) is 3.69. The van der Waals surface area contributed by atoms with E-state index in [0.717, 1.165) is 5.92 Å². The molecule has 0 saturated heterocycles. The molecule has 2 aromatic carbocycles. The molecule has 0 nitrogen and oxygen atoms in total. The molecule has 0 bridgehead atoms. The van der Waals surface area contributed by atoms with E-state index in [1.54, 1.807) is 5.56 Å². The van der Waals surface area contributed by atoms with Crippen LogP contribution in [0.25, 0.3) is 0 Å². The van der Waals surface area contributed by atoms with Gasteiger partial charge >= 0.3 is 0 Å². The molecule has 1 aliphatic carbocycles. The second-order valence-corrected chi connectivity index (χ2v) is 7.82. The number of benzene rings is 2. The van der Waals surface area contributed by atoms with Crippen molar-refractivity contribution in [3.05, 3.63) is 58.7 Å². The molecule has 2 aromatic rings. The molecular weight excluding hydrogens is 284 g/mol. The van der Waals surface area contributed by atoms with Crippen LogP contribution in [0.3, 0.4) is 0 Å². The summed E-state index contributed by atoms with van der Waals surface area (Å²) in [5.74, 6) is 0.802. The van der Waals surface area contributed by atoms with Gasteiger partial charge < -0.3 is 0 Å². The highest BCUT2D eigenvalue weighted by Gasteiger charge is 2.15. The Bertz CT molecular complexity index is 610. The highest BCUT2D eigenvalue weighted by atomic mass is 32.2. The summed E-state index contributed by atoms with van der Waals surface area (Å²) < 4.78 is 0. The molecule has 1 saturated carbocycles. The molecule has 0 radical (unpaired) electrons. The van der Waals surface area contributed by atoms with Gasteiger partial charge in [0.25, 0.3) is 0 Å². The minimum Gasteiger partial charge on any atom is -0.0895 e. The zero-order valence-electron chi connectivity index (χ0n) is 14.0. The van der Waals surface area contributed by atoms with Gasteiger partial charge in [-0.3, -0.25) is 0 Å². The van der Waals surface area contributed by atoms with Crippen LogP contribution >= 0.6 is 11.8 Å². The third-order valence-electron chi connectivity index (χ3n) is 4.78. The van der Waals surface area contributed by atoms with Gasteiger partial charge in [-0.05, 0) is 68.4 Å². The van der Waals surface area contributed by atoms with E-state index in [4.69, 9.17) is 0 Å². The van der Waals surface area contributed by atoms with Crippen molar-refractivity contribution in [2.24, 2.45) is 0 Å². The maximum Gasteiger partial charge on any atom is 0.0181 e. The number of hydrogen-bond donors (Lipinski definition) is 0. The summed E-state index contributed by atoms with van der Waals surface area (Å²) in [6, 6.07) is 13.9. The van der Waals surface area contributed by atoms with Crippen LogP contribution in [0, 0.1) is 20.8 Å². The third-order valence-corrected chi connectivity index (χ3v) is 6.14. The average Bonchev–Trinajstić information content (AvgIpc) is 2.52. The Hall–Kier alpha value is -1.21. The van der Waals surface area contributed by atoms with Crippen LogP contribution in [0.5, 0.6) is 0 Å². The van der Waals surface area contributed by atoms with Crippen molar-refractivity contribution < 1.29 is 0 Å². The van der Waals surface area contributed by atoms with Crippen molar-refractivity contribution in [1.29, 1.82) is 0 Å². The Morgan fingerprint density at radius 3 is 2.00 bits per heavy atom. The van der Waals surface area contributed by atoms with Crippen LogP contribution in [0.1, 0.15) is 60.3 Å². The highest BCUT2D eigenvalue weighted by molar-refractivity contribution is 7.99. The van der Waals surface area contributed by atoms with Gasteiger partial charge in [-0.1, -0.05) is 60.9 Å². The SMILES string of the molecule is Cc1cc(C)c(Sc2ccc(C3CCCCC3)cc2)c(C)c1. The van der Waals surface area contributed by atoms with Crippen LogP contribution in [-0.2, 0) is 0 Å². The molecular formula is C21H26S. The molecule has 0 N–H and O–H groups in total. The maximum absolute atomic E-state index is 2.36. The average molecular weight is 311 g/mol. The van der Waals surface area contributed by atoms with Gasteiger partial charge in [0, 0.05) is 9.79 Å². The fourth-order valence-corrected chi connectivity index (χ4v) is 4.64. The van der Waals surface area contributed by atoms with Crippen molar-refractivity contribution in [3.8, 4) is 0 Å². The Morgan fingerprint density at radius 2 is 1.41 bits per heavy atom. The summed E-state index contributed by atoms with van der Waals surface area (Å²) in [5.41, 5.74) is 5.67. The molecule has 22 heavy (non-hydrogen) atoms. The Kier molecular flexibility index (Phi) is 4.93. The molecule has 116 valence electrons. The van der Waals surface area contributed by atoms with Crippen LogP contribution in [-0.4, -0.2) is 0 Å². The first-order valence-electron chi connectivity index (χ1n) is 8.49. The molecule has 0 amide bonds. The van der Waals surface area contributed by atoms with E-state index in [1.165, 1.54) is 58.6 Å². The van der Waals surface area contributed by atoms with Crippen LogP contribution in [0.4, 0.5) is 0 Å². The third kappa shape index (κ3) is 3.57. The number of hydrogen-bond acceptors (Lipinski definition) is 1. The maximum atomic E-state index is 2.36. The molecule has 1 fully saturated rings. The van der Waals surface area contributed by atoms with Gasteiger partial charge in [0.15, 0.2) is 0 Å². The molecule has 1 heteroatoms. The van der Waals surface area contributed by atoms with Gasteiger partial charge in [-0.2, -0.15) is 0 Å². The number of aryl methyl sites for hydroxylation is 3. The minimum absolute atomic E-state index is 0.802. The summed E-state index contributed by atoms with van der Waals surface area (Å²) in [6.07, 6.45) is 6.99. The quantitative estimate of drug-likeness (QED) is 0.600. The summed E-state index contributed by atoms with van der Waals surface area (Å²) in [5, 5.41) is 0. The Labute approximate surface area is 139 Å². The Morgan fingerprint density at radius 1 is 0.818 bits per heavy atom. The second kappa shape index (κ2) is 6.91. The second-order valence-electron chi connectivity index (χ2n) is 6.73. The lowest BCUT2D eigenvalue weighted by Gasteiger charge is -2.22. The molecule has 3 rings (SSSR count). The fraction of sp³-hybridized carbons (Fsp3) is 0.429. The minimum atomic E-state index is 0.802. The normalized spacial score (nSPS) is 16.0. The zero-order valence-corrected chi connectivity index (χ0v) is 14.8. The standard InChI is InChI=1S/C21H26S/c1-15-13-16(2)21(17(3)14-15)22-20-11-9-19(10-12-20)18-7-5-4-6-8-18/h9-14,18H,4-8H2,1-3H3. The van der Waals surface area contributed by atoms with E-state index in [1.807, 2.05) is 11.8 Å². The first-order chi connectivity index (χ1) is 10.6. The molecule has 0 aliphatic heterocycles. The molecule has 0 atom stereocenters. The lowest BCUT2D eigenvalue weighted by Crippen LogP contribution is -2.04. The first kappa shape index (κ1) is 15.7. The molecule has 0 aromatic heterocycles. The van der Waals surface area contributed by atoms with E-state index in [2.05, 4.69) is 57.2 Å². The van der Waals surface area contributed by atoms with Gasteiger partial charge in [-0.15, -0.1) is 0 Å². The lowest BCUT2D eigenvalue weighted by atomic mass is 9.84.